The highest BCUT2D eigenvalue weighted by molar-refractivity contribution is 5.16. The average molecular weight is 272 g/mol. The summed E-state index contributed by atoms with van der Waals surface area (Å²) in [7, 11) is 2.02. The van der Waals surface area contributed by atoms with E-state index in [0.717, 1.165) is 37.2 Å². The van der Waals surface area contributed by atoms with Gasteiger partial charge in [-0.05, 0) is 37.6 Å². The first-order valence-electron chi connectivity index (χ1n) is 7.40. The van der Waals surface area contributed by atoms with E-state index in [2.05, 4.69) is 41.4 Å². The molecule has 0 bridgehead atoms. The smallest absolute Gasteiger partial charge is 0.0624 e. The molecule has 20 heavy (non-hydrogen) atoms. The maximum absolute atomic E-state index is 4.52. The highest BCUT2D eigenvalue weighted by Crippen LogP contribution is 2.17. The number of hydrogen-bond acceptors (Lipinski definition) is 3. The van der Waals surface area contributed by atoms with E-state index in [1.165, 1.54) is 5.69 Å². The van der Waals surface area contributed by atoms with Crippen molar-refractivity contribution >= 4 is 0 Å². The Balaban J connectivity index is 2.16. The molecule has 0 aliphatic rings. The minimum atomic E-state index is 0.247. The van der Waals surface area contributed by atoms with Gasteiger partial charge in [-0.15, -0.1) is 0 Å². The van der Waals surface area contributed by atoms with Crippen LogP contribution in [0.2, 0.25) is 0 Å². The molecule has 0 aliphatic heterocycles. The van der Waals surface area contributed by atoms with Crippen LogP contribution in [0, 0.1) is 0 Å². The molecular weight excluding hydrogens is 248 g/mol. The highest BCUT2D eigenvalue weighted by Gasteiger charge is 2.15. The largest absolute Gasteiger partial charge is 0.308 e. The summed E-state index contributed by atoms with van der Waals surface area (Å²) in [5.74, 6) is 0. The zero-order valence-electron chi connectivity index (χ0n) is 12.6. The summed E-state index contributed by atoms with van der Waals surface area (Å²) in [6.07, 6.45) is 4.87. The van der Waals surface area contributed by atoms with Gasteiger partial charge in [-0.1, -0.05) is 19.9 Å². The molecule has 0 saturated carbocycles. The van der Waals surface area contributed by atoms with Gasteiger partial charge in [0.2, 0.25) is 0 Å². The summed E-state index contributed by atoms with van der Waals surface area (Å²) in [5.41, 5.74) is 3.50. The first-order chi connectivity index (χ1) is 9.74. The first-order valence-corrected chi connectivity index (χ1v) is 7.40. The van der Waals surface area contributed by atoms with E-state index in [9.17, 15) is 0 Å². The molecule has 0 aliphatic carbocycles. The molecule has 1 atom stereocenters. The predicted molar refractivity (Wildman–Crippen MR) is 81.6 cm³/mol. The molecule has 4 heteroatoms. The maximum Gasteiger partial charge on any atom is 0.0624 e. The molecule has 0 amide bonds. The number of nitrogens with zero attached hydrogens (tertiary/aromatic N) is 3. The van der Waals surface area contributed by atoms with Crippen molar-refractivity contribution in [2.75, 3.05) is 6.54 Å². The van der Waals surface area contributed by atoms with Crippen LogP contribution in [0.1, 0.15) is 43.4 Å². The second-order valence-corrected chi connectivity index (χ2v) is 5.07. The van der Waals surface area contributed by atoms with Crippen molar-refractivity contribution in [1.82, 2.24) is 20.1 Å². The summed E-state index contributed by atoms with van der Waals surface area (Å²) in [5, 5.41) is 8.11. The predicted octanol–water partition coefficient (Wildman–Crippen LogP) is 2.66. The van der Waals surface area contributed by atoms with Crippen molar-refractivity contribution in [3.8, 4) is 0 Å². The Morgan fingerprint density at radius 3 is 2.75 bits per heavy atom. The van der Waals surface area contributed by atoms with E-state index in [0.29, 0.717) is 0 Å². The van der Waals surface area contributed by atoms with Crippen molar-refractivity contribution in [3.63, 3.8) is 0 Å². The quantitative estimate of drug-likeness (QED) is 0.842. The highest BCUT2D eigenvalue weighted by atomic mass is 15.3. The Morgan fingerprint density at radius 2 is 2.15 bits per heavy atom. The number of hydrogen-bond donors (Lipinski definition) is 1. The van der Waals surface area contributed by atoms with Gasteiger partial charge in [0.1, 0.15) is 0 Å². The number of aryl methyl sites for hydroxylation is 2. The average Bonchev–Trinajstić information content (AvgIpc) is 2.84. The van der Waals surface area contributed by atoms with Gasteiger partial charge in [0.05, 0.1) is 17.4 Å². The van der Waals surface area contributed by atoms with Crippen molar-refractivity contribution < 1.29 is 0 Å². The van der Waals surface area contributed by atoms with Crippen LogP contribution >= 0.6 is 0 Å². The van der Waals surface area contributed by atoms with Gasteiger partial charge in [-0.2, -0.15) is 5.10 Å². The topological polar surface area (TPSA) is 42.7 Å². The van der Waals surface area contributed by atoms with Gasteiger partial charge in [-0.3, -0.25) is 9.67 Å². The lowest BCUT2D eigenvalue weighted by molar-refractivity contribution is 0.502. The van der Waals surface area contributed by atoms with Crippen LogP contribution in [-0.4, -0.2) is 21.3 Å². The van der Waals surface area contributed by atoms with Gasteiger partial charge in [0, 0.05) is 25.4 Å². The van der Waals surface area contributed by atoms with Gasteiger partial charge in [0.25, 0.3) is 0 Å². The Labute approximate surface area is 121 Å². The van der Waals surface area contributed by atoms with Crippen molar-refractivity contribution in [3.05, 3.63) is 47.5 Å². The van der Waals surface area contributed by atoms with E-state index < -0.39 is 0 Å². The number of aromatic nitrogens is 3. The van der Waals surface area contributed by atoms with Gasteiger partial charge in [-0.25, -0.2) is 0 Å². The number of nitrogens with one attached hydrogen (secondary N) is 1. The van der Waals surface area contributed by atoms with E-state index >= 15 is 0 Å². The maximum atomic E-state index is 4.52. The fourth-order valence-corrected chi connectivity index (χ4v) is 2.33. The second kappa shape index (κ2) is 7.20. The van der Waals surface area contributed by atoms with E-state index in [1.54, 1.807) is 0 Å². The van der Waals surface area contributed by atoms with Crippen LogP contribution in [0.5, 0.6) is 0 Å². The molecule has 2 rings (SSSR count). The van der Waals surface area contributed by atoms with Gasteiger partial charge in [0.15, 0.2) is 0 Å². The van der Waals surface area contributed by atoms with E-state index in [1.807, 2.05) is 30.1 Å². The molecule has 0 aromatic carbocycles. The summed E-state index contributed by atoms with van der Waals surface area (Å²) in [6, 6.07) is 8.54. The SMILES string of the molecule is CCCNC(Cc1cc(CC)nn1C)c1ccccn1. The molecule has 0 radical (unpaired) electrons. The lowest BCUT2D eigenvalue weighted by Gasteiger charge is -2.18. The molecule has 1 N–H and O–H groups in total. The monoisotopic (exact) mass is 272 g/mol. The summed E-state index contributed by atoms with van der Waals surface area (Å²) >= 11 is 0. The van der Waals surface area contributed by atoms with Gasteiger partial charge < -0.3 is 5.32 Å². The zero-order chi connectivity index (χ0) is 14.4. The molecule has 4 nitrogen and oxygen atoms in total. The summed E-state index contributed by atoms with van der Waals surface area (Å²) < 4.78 is 1.99. The molecule has 0 fully saturated rings. The van der Waals surface area contributed by atoms with Crippen molar-refractivity contribution in [2.24, 2.45) is 7.05 Å². The lowest BCUT2D eigenvalue weighted by Crippen LogP contribution is -2.25. The zero-order valence-corrected chi connectivity index (χ0v) is 12.6. The molecule has 0 saturated heterocycles. The molecule has 108 valence electrons. The minimum Gasteiger partial charge on any atom is -0.308 e. The lowest BCUT2D eigenvalue weighted by atomic mass is 10.1. The number of pyridine rings is 1. The second-order valence-electron chi connectivity index (χ2n) is 5.07. The summed E-state index contributed by atoms with van der Waals surface area (Å²) in [4.78, 5) is 4.49. The molecule has 1 unspecified atom stereocenters. The molecule has 2 aromatic rings. The minimum absolute atomic E-state index is 0.247. The van der Waals surface area contributed by atoms with Crippen molar-refractivity contribution in [2.45, 2.75) is 39.2 Å². The molecular formula is C16H24N4. The van der Waals surface area contributed by atoms with Crippen molar-refractivity contribution in [1.29, 1.82) is 0 Å². The van der Waals surface area contributed by atoms with Crippen LogP contribution in [0.4, 0.5) is 0 Å². The first kappa shape index (κ1) is 14.7. The third kappa shape index (κ3) is 3.67. The van der Waals surface area contributed by atoms with Crippen LogP contribution in [-0.2, 0) is 19.9 Å². The Hall–Kier alpha value is -1.68. The summed E-state index contributed by atoms with van der Waals surface area (Å²) in [6.45, 7) is 5.32. The third-order valence-electron chi connectivity index (χ3n) is 3.49. The number of rotatable bonds is 7. The Bertz CT molecular complexity index is 519. The third-order valence-corrected chi connectivity index (χ3v) is 3.49. The molecule has 2 aromatic heterocycles. The molecule has 2 heterocycles. The van der Waals surface area contributed by atoms with Crippen LogP contribution in [0.25, 0.3) is 0 Å². The fourth-order valence-electron chi connectivity index (χ4n) is 2.33. The normalized spacial score (nSPS) is 12.6. The Kier molecular flexibility index (Phi) is 5.30. The van der Waals surface area contributed by atoms with Crippen LogP contribution in [0.15, 0.2) is 30.5 Å². The van der Waals surface area contributed by atoms with Crippen LogP contribution < -0.4 is 5.32 Å². The Morgan fingerprint density at radius 1 is 1.30 bits per heavy atom. The molecule has 0 spiro atoms. The van der Waals surface area contributed by atoms with Gasteiger partial charge >= 0.3 is 0 Å². The van der Waals surface area contributed by atoms with Crippen LogP contribution in [0.3, 0.4) is 0 Å². The standard InChI is InChI=1S/C16H24N4/c1-4-9-17-16(15-8-6-7-10-18-15)12-14-11-13(5-2)19-20(14)3/h6-8,10-11,16-17H,4-5,9,12H2,1-3H3. The van der Waals surface area contributed by atoms with E-state index in [4.69, 9.17) is 0 Å². The van der Waals surface area contributed by atoms with E-state index in [-0.39, 0.29) is 6.04 Å². The fraction of sp³-hybridized carbons (Fsp3) is 0.500.